The molecule has 0 rings (SSSR count). The van der Waals surface area contributed by atoms with Crippen LogP contribution in [0.5, 0.6) is 0 Å². The maximum atomic E-state index is 12.9. The van der Waals surface area contributed by atoms with Gasteiger partial charge in [-0.25, -0.2) is 0 Å². The van der Waals surface area contributed by atoms with Gasteiger partial charge in [-0.3, -0.25) is 14.4 Å². The van der Waals surface area contributed by atoms with E-state index in [2.05, 4.69) is 179 Å². The number of hydrogen-bond acceptors (Lipinski definition) is 6. The first-order valence-electron chi connectivity index (χ1n) is 32.5. The fourth-order valence-electron chi connectivity index (χ4n) is 8.44. The molecule has 0 aromatic carbocycles. The van der Waals surface area contributed by atoms with Gasteiger partial charge >= 0.3 is 17.9 Å². The van der Waals surface area contributed by atoms with Crippen LogP contribution >= 0.6 is 0 Å². The molecule has 0 fully saturated rings. The van der Waals surface area contributed by atoms with E-state index in [-0.39, 0.29) is 31.1 Å². The Hall–Kier alpha value is -4.97. The molecule has 6 nitrogen and oxygen atoms in total. The number of hydrogen-bond donors (Lipinski definition) is 0. The summed E-state index contributed by atoms with van der Waals surface area (Å²) in [5, 5.41) is 0. The van der Waals surface area contributed by atoms with Crippen molar-refractivity contribution in [2.45, 2.75) is 277 Å². The molecule has 450 valence electrons. The molecule has 0 bridgehead atoms. The van der Waals surface area contributed by atoms with Gasteiger partial charge < -0.3 is 14.2 Å². The molecule has 1 unspecified atom stereocenters. The molecule has 1 atom stereocenters. The maximum absolute atomic E-state index is 12.9. The first kappa shape index (κ1) is 75.0. The maximum Gasteiger partial charge on any atom is 0.306 e. The number of carbonyl (C=O) groups is 3. The Morgan fingerprint density at radius 3 is 0.787 bits per heavy atom. The Balaban J connectivity index is 4.42. The smallest absolute Gasteiger partial charge is 0.306 e. The second kappa shape index (κ2) is 66.5. The number of unbranched alkanes of at least 4 members (excludes halogenated alkanes) is 20. The lowest BCUT2D eigenvalue weighted by atomic mass is 10.1. The number of rotatable bonds is 57. The van der Waals surface area contributed by atoms with Gasteiger partial charge in [0.15, 0.2) is 6.10 Å². The van der Waals surface area contributed by atoms with Crippen LogP contribution < -0.4 is 0 Å². The summed E-state index contributed by atoms with van der Waals surface area (Å²) in [6, 6.07) is 0. The molecule has 0 N–H and O–H groups in total. The van der Waals surface area contributed by atoms with Gasteiger partial charge in [-0.1, -0.05) is 262 Å². The van der Waals surface area contributed by atoms with E-state index in [0.717, 1.165) is 148 Å². The zero-order valence-corrected chi connectivity index (χ0v) is 51.5. The van der Waals surface area contributed by atoms with Crippen molar-refractivity contribution in [3.05, 3.63) is 158 Å². The third-order valence-electron chi connectivity index (χ3n) is 13.2. The molecule has 0 heterocycles. The molecule has 0 aromatic heterocycles. The summed E-state index contributed by atoms with van der Waals surface area (Å²) in [6.07, 6.45) is 96.8. The van der Waals surface area contributed by atoms with Crippen molar-refractivity contribution in [1.82, 2.24) is 0 Å². The van der Waals surface area contributed by atoms with Crippen molar-refractivity contribution in [1.29, 1.82) is 0 Å². The van der Waals surface area contributed by atoms with Gasteiger partial charge in [0, 0.05) is 19.3 Å². The highest BCUT2D eigenvalue weighted by molar-refractivity contribution is 5.71. The molecule has 0 radical (unpaired) electrons. The highest BCUT2D eigenvalue weighted by Gasteiger charge is 2.19. The second-order valence-corrected chi connectivity index (χ2v) is 20.9. The fourth-order valence-corrected chi connectivity index (χ4v) is 8.44. The second-order valence-electron chi connectivity index (χ2n) is 20.9. The van der Waals surface area contributed by atoms with Crippen molar-refractivity contribution in [3.63, 3.8) is 0 Å². The third-order valence-corrected chi connectivity index (χ3v) is 13.2. The van der Waals surface area contributed by atoms with E-state index in [0.29, 0.717) is 19.3 Å². The monoisotopic (exact) mass is 1100 g/mol. The highest BCUT2D eigenvalue weighted by atomic mass is 16.6. The van der Waals surface area contributed by atoms with Gasteiger partial charge in [-0.15, -0.1) is 0 Å². The van der Waals surface area contributed by atoms with Crippen molar-refractivity contribution in [3.8, 4) is 0 Å². The van der Waals surface area contributed by atoms with Crippen LogP contribution in [-0.2, 0) is 28.6 Å². The number of esters is 3. The number of carbonyl (C=O) groups excluding carboxylic acids is 3. The summed E-state index contributed by atoms with van der Waals surface area (Å²) in [6.45, 7) is 6.35. The molecular formula is C74H118O6. The summed E-state index contributed by atoms with van der Waals surface area (Å²) < 4.78 is 16.9. The molecule has 0 aromatic rings. The van der Waals surface area contributed by atoms with Crippen molar-refractivity contribution < 1.29 is 28.6 Å². The lowest BCUT2D eigenvalue weighted by Crippen LogP contribution is -2.30. The van der Waals surface area contributed by atoms with E-state index < -0.39 is 6.10 Å². The van der Waals surface area contributed by atoms with Crippen LogP contribution in [0.25, 0.3) is 0 Å². The van der Waals surface area contributed by atoms with Crippen molar-refractivity contribution >= 4 is 17.9 Å². The van der Waals surface area contributed by atoms with Gasteiger partial charge in [-0.05, 0) is 148 Å². The van der Waals surface area contributed by atoms with Gasteiger partial charge in [0.1, 0.15) is 13.2 Å². The average Bonchev–Trinajstić information content (AvgIpc) is 3.46. The van der Waals surface area contributed by atoms with Crippen molar-refractivity contribution in [2.75, 3.05) is 13.2 Å². The number of ether oxygens (including phenoxy) is 3. The molecule has 80 heavy (non-hydrogen) atoms. The molecule has 0 amide bonds. The molecule has 0 aliphatic carbocycles. The molecule has 0 saturated heterocycles. The van der Waals surface area contributed by atoms with Gasteiger partial charge in [-0.2, -0.15) is 0 Å². The Morgan fingerprint density at radius 2 is 0.487 bits per heavy atom. The zero-order chi connectivity index (χ0) is 57.8. The predicted octanol–water partition coefficient (Wildman–Crippen LogP) is 22.5. The SMILES string of the molecule is CC/C=C\C/C=C\C/C=C\C/C=C\C/C=C\C/C=C\C/C=C\C/C=C\C/C=C\CCCCCC(=O)OCC(COC(=O)CCCCC/C=C\C/C=C\C/C=C\CC)OC(=O)CCCCCCCCC/C=C\CCCCCCCCC. The normalized spacial score (nSPS) is 13.2. The largest absolute Gasteiger partial charge is 0.462 e. The lowest BCUT2D eigenvalue weighted by Gasteiger charge is -2.18. The highest BCUT2D eigenvalue weighted by Crippen LogP contribution is 2.14. The summed E-state index contributed by atoms with van der Waals surface area (Å²) in [4.78, 5) is 38.3. The minimum Gasteiger partial charge on any atom is -0.462 e. The minimum absolute atomic E-state index is 0.111. The Bertz CT molecular complexity index is 1790. The van der Waals surface area contributed by atoms with Gasteiger partial charge in [0.05, 0.1) is 0 Å². The molecular weight excluding hydrogens is 985 g/mol. The summed E-state index contributed by atoms with van der Waals surface area (Å²) >= 11 is 0. The summed E-state index contributed by atoms with van der Waals surface area (Å²) in [5.41, 5.74) is 0. The minimum atomic E-state index is -0.814. The van der Waals surface area contributed by atoms with E-state index in [1.54, 1.807) is 0 Å². The van der Waals surface area contributed by atoms with Crippen LogP contribution in [0.15, 0.2) is 158 Å². The summed E-state index contributed by atoms with van der Waals surface area (Å²) in [7, 11) is 0. The Kier molecular flexibility index (Phi) is 62.4. The van der Waals surface area contributed by atoms with Gasteiger partial charge in [0.2, 0.25) is 0 Å². The van der Waals surface area contributed by atoms with E-state index in [1.165, 1.54) is 83.5 Å². The van der Waals surface area contributed by atoms with Crippen LogP contribution in [0.1, 0.15) is 271 Å². The average molecular weight is 1100 g/mol. The van der Waals surface area contributed by atoms with Crippen LogP contribution in [0, 0.1) is 0 Å². The first-order chi connectivity index (χ1) is 39.5. The van der Waals surface area contributed by atoms with Crippen molar-refractivity contribution in [2.24, 2.45) is 0 Å². The van der Waals surface area contributed by atoms with E-state index in [4.69, 9.17) is 14.2 Å². The summed E-state index contributed by atoms with van der Waals surface area (Å²) in [5.74, 6) is -0.978. The lowest BCUT2D eigenvalue weighted by molar-refractivity contribution is -0.167. The van der Waals surface area contributed by atoms with Gasteiger partial charge in [0.25, 0.3) is 0 Å². The predicted molar refractivity (Wildman–Crippen MR) is 348 cm³/mol. The molecule has 0 aliphatic rings. The molecule has 0 aliphatic heterocycles. The molecule has 0 spiro atoms. The van der Waals surface area contributed by atoms with Crippen LogP contribution in [0.3, 0.4) is 0 Å². The molecule has 6 heteroatoms. The third kappa shape index (κ3) is 63.9. The standard InChI is InChI=1S/C74H118O6/c1-4-7-10-13-16-19-22-25-27-29-31-32-33-34-35-36-37-38-39-40-41-42-43-45-46-49-52-55-58-61-64-67-73(76)79-70-71(69-78-72(75)66-63-60-57-54-51-48-24-21-18-15-12-9-6-3)80-74(77)68-65-62-59-56-53-50-47-44-30-28-26-23-20-17-14-11-8-5-2/h7,9-10,12,16,18-19,21,25,27-28,30-32,34-35,37-38,40-41,43,45,48-49,51-52,71H,4-6,8,11,13-15,17,20,22-24,26,29,33,36,39,42,44,46-47,50,53-70H2,1-3H3/b10-7-,12-9-,19-16-,21-18-,27-25-,30-28-,32-31-,35-34-,38-37-,41-40-,45-43-,51-48-,52-49-. The fraction of sp³-hybridized carbons (Fsp3) is 0.608. The van der Waals surface area contributed by atoms with E-state index in [9.17, 15) is 14.4 Å². The number of allylic oxidation sites excluding steroid dienone is 26. The van der Waals surface area contributed by atoms with Crippen LogP contribution in [-0.4, -0.2) is 37.2 Å². The van der Waals surface area contributed by atoms with Crippen LogP contribution in [0.4, 0.5) is 0 Å². The Labute approximate surface area is 492 Å². The van der Waals surface area contributed by atoms with E-state index in [1.807, 2.05) is 0 Å². The zero-order valence-electron chi connectivity index (χ0n) is 51.5. The van der Waals surface area contributed by atoms with E-state index >= 15 is 0 Å². The topological polar surface area (TPSA) is 78.9 Å². The van der Waals surface area contributed by atoms with Crippen LogP contribution in [0.2, 0.25) is 0 Å². The first-order valence-corrected chi connectivity index (χ1v) is 32.5. The molecule has 0 saturated carbocycles. The quantitative estimate of drug-likeness (QED) is 0.0261. The Morgan fingerprint density at radius 1 is 0.263 bits per heavy atom.